The number of nitrogens with one attached hydrogen (secondary N) is 2. The van der Waals surface area contributed by atoms with E-state index < -0.39 is 27.0 Å². The van der Waals surface area contributed by atoms with E-state index in [-0.39, 0.29) is 10.6 Å². The summed E-state index contributed by atoms with van der Waals surface area (Å²) in [6, 6.07) is 16.4. The first kappa shape index (κ1) is 23.7. The molecule has 3 rings (SSSR count). The zero-order valence-electron chi connectivity index (χ0n) is 18.2. The quantitative estimate of drug-likeness (QED) is 0.371. The number of nitro benzene ring substituents is 1. The highest BCUT2D eigenvalue weighted by Crippen LogP contribution is 2.21. The van der Waals surface area contributed by atoms with Crippen molar-refractivity contribution in [2.24, 2.45) is 0 Å². The SMILES string of the molecule is Cc1ccc(NS(=O)(=O)c2ccc(NC(=O)[C@@H](C)Oc3ccc([N+](=O)[O-])cc3)cc2)cc1C. The summed E-state index contributed by atoms with van der Waals surface area (Å²) in [6.07, 6.45) is -0.888. The third kappa shape index (κ3) is 6.07. The summed E-state index contributed by atoms with van der Waals surface area (Å²) in [7, 11) is -3.79. The molecule has 0 bridgehead atoms. The number of carbonyl (C=O) groups is 1. The summed E-state index contributed by atoms with van der Waals surface area (Å²) >= 11 is 0. The van der Waals surface area contributed by atoms with Crippen molar-refractivity contribution < 1.29 is 22.9 Å². The van der Waals surface area contributed by atoms with Crippen molar-refractivity contribution in [3.63, 3.8) is 0 Å². The molecule has 0 fully saturated rings. The number of carbonyl (C=O) groups excluding carboxylic acids is 1. The summed E-state index contributed by atoms with van der Waals surface area (Å²) < 4.78 is 33.3. The zero-order chi connectivity index (χ0) is 24.2. The number of non-ortho nitro benzene ring substituents is 1. The lowest BCUT2D eigenvalue weighted by atomic mass is 10.1. The van der Waals surface area contributed by atoms with Gasteiger partial charge in [0.05, 0.1) is 9.82 Å². The molecule has 172 valence electrons. The van der Waals surface area contributed by atoms with Crippen LogP contribution in [-0.2, 0) is 14.8 Å². The molecule has 10 heteroatoms. The Bertz CT molecular complexity index is 1270. The van der Waals surface area contributed by atoms with Crippen LogP contribution in [0.4, 0.5) is 17.1 Å². The van der Waals surface area contributed by atoms with Gasteiger partial charge in [0.25, 0.3) is 21.6 Å². The fourth-order valence-electron chi connectivity index (χ4n) is 2.88. The maximum Gasteiger partial charge on any atom is 0.269 e. The van der Waals surface area contributed by atoms with Gasteiger partial charge in [0.15, 0.2) is 6.10 Å². The Kier molecular flexibility index (Phi) is 6.98. The molecule has 33 heavy (non-hydrogen) atoms. The van der Waals surface area contributed by atoms with Crippen molar-refractivity contribution in [3.05, 3.63) is 88.0 Å². The number of aryl methyl sites for hydroxylation is 2. The van der Waals surface area contributed by atoms with Gasteiger partial charge in [-0.05, 0) is 80.4 Å². The molecule has 0 aromatic heterocycles. The van der Waals surface area contributed by atoms with Crippen LogP contribution in [0.15, 0.2) is 71.6 Å². The van der Waals surface area contributed by atoms with Crippen LogP contribution in [0.2, 0.25) is 0 Å². The van der Waals surface area contributed by atoms with Crippen LogP contribution in [0, 0.1) is 24.0 Å². The predicted molar refractivity (Wildman–Crippen MR) is 125 cm³/mol. The lowest BCUT2D eigenvalue weighted by Crippen LogP contribution is -2.30. The topological polar surface area (TPSA) is 128 Å². The summed E-state index contributed by atoms with van der Waals surface area (Å²) in [4.78, 5) is 22.6. The molecular formula is C23H23N3O6S. The molecule has 0 heterocycles. The lowest BCUT2D eigenvalue weighted by Gasteiger charge is -2.15. The minimum atomic E-state index is -3.79. The highest BCUT2D eigenvalue weighted by molar-refractivity contribution is 7.92. The van der Waals surface area contributed by atoms with Crippen molar-refractivity contribution in [2.75, 3.05) is 10.0 Å². The number of hydrogen-bond donors (Lipinski definition) is 2. The Hall–Kier alpha value is -3.92. The summed E-state index contributed by atoms with van der Waals surface area (Å²) in [5.74, 6) is -0.153. The average molecular weight is 470 g/mol. The fourth-order valence-corrected chi connectivity index (χ4v) is 3.93. The third-order valence-electron chi connectivity index (χ3n) is 4.92. The standard InChI is InChI=1S/C23H23N3O6S/c1-15-4-5-19(14-16(15)2)25-33(30,31)22-12-6-18(7-13-22)24-23(27)17(3)32-21-10-8-20(9-11-21)26(28)29/h4-14,17,25H,1-3H3,(H,24,27)/t17-/m1/s1. The first-order valence-corrected chi connectivity index (χ1v) is 11.5. The average Bonchev–Trinajstić information content (AvgIpc) is 2.77. The fraction of sp³-hybridized carbons (Fsp3) is 0.174. The van der Waals surface area contributed by atoms with Gasteiger partial charge in [-0.25, -0.2) is 8.42 Å². The molecule has 3 aromatic rings. The Morgan fingerprint density at radius 1 is 0.939 bits per heavy atom. The van der Waals surface area contributed by atoms with E-state index in [1.807, 2.05) is 19.9 Å². The molecule has 9 nitrogen and oxygen atoms in total. The highest BCUT2D eigenvalue weighted by Gasteiger charge is 2.18. The van der Waals surface area contributed by atoms with E-state index in [0.29, 0.717) is 17.1 Å². The van der Waals surface area contributed by atoms with E-state index in [1.165, 1.54) is 55.5 Å². The molecule has 0 aliphatic rings. The van der Waals surface area contributed by atoms with Crippen LogP contribution in [-0.4, -0.2) is 25.4 Å². The van der Waals surface area contributed by atoms with E-state index in [2.05, 4.69) is 10.0 Å². The number of anilines is 2. The van der Waals surface area contributed by atoms with Gasteiger partial charge in [0.1, 0.15) is 5.75 Å². The van der Waals surface area contributed by atoms with Gasteiger partial charge in [-0.2, -0.15) is 0 Å². The number of amides is 1. The van der Waals surface area contributed by atoms with Crippen LogP contribution in [0.25, 0.3) is 0 Å². The molecule has 0 aliphatic heterocycles. The largest absolute Gasteiger partial charge is 0.481 e. The first-order valence-electron chi connectivity index (χ1n) is 9.97. The van der Waals surface area contributed by atoms with Crippen LogP contribution >= 0.6 is 0 Å². The van der Waals surface area contributed by atoms with Gasteiger partial charge in [-0.15, -0.1) is 0 Å². The van der Waals surface area contributed by atoms with Crippen molar-refractivity contribution in [1.82, 2.24) is 0 Å². The summed E-state index contributed by atoms with van der Waals surface area (Å²) in [6.45, 7) is 5.37. The van der Waals surface area contributed by atoms with Gasteiger partial charge in [0.2, 0.25) is 0 Å². The summed E-state index contributed by atoms with van der Waals surface area (Å²) in [5, 5.41) is 13.4. The molecule has 3 aromatic carbocycles. The van der Waals surface area contributed by atoms with Crippen molar-refractivity contribution >= 4 is 33.0 Å². The molecule has 2 N–H and O–H groups in total. The van der Waals surface area contributed by atoms with Crippen molar-refractivity contribution in [2.45, 2.75) is 31.8 Å². The monoisotopic (exact) mass is 469 g/mol. The number of benzene rings is 3. The Balaban J connectivity index is 1.62. The van der Waals surface area contributed by atoms with Gasteiger partial charge < -0.3 is 10.1 Å². The Labute approximate surface area is 191 Å². The third-order valence-corrected chi connectivity index (χ3v) is 6.32. The van der Waals surface area contributed by atoms with E-state index in [4.69, 9.17) is 4.74 Å². The van der Waals surface area contributed by atoms with Crippen molar-refractivity contribution in [1.29, 1.82) is 0 Å². The van der Waals surface area contributed by atoms with E-state index in [9.17, 15) is 23.3 Å². The minimum absolute atomic E-state index is 0.0499. The van der Waals surface area contributed by atoms with E-state index in [1.54, 1.807) is 12.1 Å². The maximum atomic E-state index is 12.6. The van der Waals surface area contributed by atoms with Crippen LogP contribution in [0.1, 0.15) is 18.1 Å². The van der Waals surface area contributed by atoms with E-state index >= 15 is 0 Å². The van der Waals surface area contributed by atoms with Crippen molar-refractivity contribution in [3.8, 4) is 5.75 Å². The zero-order valence-corrected chi connectivity index (χ0v) is 19.0. The minimum Gasteiger partial charge on any atom is -0.481 e. The number of ether oxygens (including phenoxy) is 1. The smallest absolute Gasteiger partial charge is 0.269 e. The molecule has 0 spiro atoms. The van der Waals surface area contributed by atoms with Gasteiger partial charge in [0, 0.05) is 23.5 Å². The number of rotatable bonds is 8. The predicted octanol–water partition coefficient (Wildman–Crippen LogP) is 4.42. The molecule has 1 atom stereocenters. The number of nitro groups is 1. The number of hydrogen-bond acceptors (Lipinski definition) is 6. The molecule has 1 amide bonds. The first-order chi connectivity index (χ1) is 15.5. The van der Waals surface area contributed by atoms with Gasteiger partial charge in [-0.1, -0.05) is 6.07 Å². The van der Waals surface area contributed by atoms with Gasteiger partial charge >= 0.3 is 0 Å². The van der Waals surface area contributed by atoms with Crippen LogP contribution in [0.5, 0.6) is 5.75 Å². The molecule has 0 aliphatic carbocycles. The molecule has 0 saturated carbocycles. The van der Waals surface area contributed by atoms with Crippen LogP contribution in [0.3, 0.4) is 0 Å². The molecule has 0 saturated heterocycles. The Morgan fingerprint density at radius 2 is 1.55 bits per heavy atom. The number of nitrogens with zero attached hydrogens (tertiary/aromatic N) is 1. The van der Waals surface area contributed by atoms with Gasteiger partial charge in [-0.3, -0.25) is 19.6 Å². The Morgan fingerprint density at radius 3 is 2.12 bits per heavy atom. The van der Waals surface area contributed by atoms with Crippen LogP contribution < -0.4 is 14.8 Å². The second kappa shape index (κ2) is 9.70. The molecule has 0 radical (unpaired) electrons. The van der Waals surface area contributed by atoms with E-state index in [0.717, 1.165) is 11.1 Å². The maximum absolute atomic E-state index is 12.6. The summed E-state index contributed by atoms with van der Waals surface area (Å²) in [5.41, 5.74) is 2.81. The number of sulfonamides is 1. The second-order valence-corrected chi connectivity index (χ2v) is 9.11. The lowest BCUT2D eigenvalue weighted by molar-refractivity contribution is -0.384. The molecular weight excluding hydrogens is 446 g/mol. The normalized spacial score (nSPS) is 12.0. The second-order valence-electron chi connectivity index (χ2n) is 7.43. The highest BCUT2D eigenvalue weighted by atomic mass is 32.2. The molecule has 0 unspecified atom stereocenters.